The largest absolute Gasteiger partial charge is 0.388 e. The number of rotatable bonds is 1. The molecule has 5 N–H and O–H groups in total. The van der Waals surface area contributed by atoms with Crippen LogP contribution in [0.15, 0.2) is 16.5 Å². The molecule has 3 unspecified atom stereocenters. The van der Waals surface area contributed by atoms with Crippen LogP contribution in [-0.2, 0) is 4.74 Å². The predicted octanol–water partition coefficient (Wildman–Crippen LogP) is -1.66. The summed E-state index contributed by atoms with van der Waals surface area (Å²) in [5.41, 5.74) is 6.31. The molecule has 3 heterocycles. The highest BCUT2D eigenvalue weighted by molar-refractivity contribution is 5.81. The van der Waals surface area contributed by atoms with Crippen LogP contribution in [0.1, 0.15) is 13.8 Å². The maximum Gasteiger partial charge on any atom is 0.197 e. The summed E-state index contributed by atoms with van der Waals surface area (Å²) in [5.74, 6) is 0.859. The number of hydrogen-bond donors (Lipinski definition) is 4. The van der Waals surface area contributed by atoms with Crippen molar-refractivity contribution in [3.8, 4) is 0 Å². The zero-order chi connectivity index (χ0) is 14.6. The third-order valence-corrected chi connectivity index (χ3v) is 4.29. The Hall–Kier alpha value is -1.51. The molecule has 3 rings (SSSR count). The van der Waals surface area contributed by atoms with E-state index >= 15 is 0 Å². The molecule has 5 atom stereocenters. The minimum Gasteiger partial charge on any atom is -0.388 e. The molecule has 8 nitrogen and oxygen atoms in total. The number of aliphatic hydroxyl groups is 2. The average Bonchev–Trinajstić information content (AvgIpc) is 2.82. The first-order valence-corrected chi connectivity index (χ1v) is 6.74. The highest BCUT2D eigenvalue weighted by atomic mass is 16.5. The van der Waals surface area contributed by atoms with E-state index in [-0.39, 0.29) is 18.0 Å². The average molecular weight is 283 g/mol. The Kier molecular flexibility index (Phi) is 3.03. The van der Waals surface area contributed by atoms with Crippen molar-refractivity contribution in [3.05, 3.63) is 11.5 Å². The Bertz CT molecular complexity index is 480. The SMILES string of the molecule is CC1C(O)[C@@H](N2CN(C)C3=C2NC(N)=NC3O)O[C@H]1C. The molecule has 3 aliphatic heterocycles. The van der Waals surface area contributed by atoms with Crippen molar-refractivity contribution >= 4 is 5.96 Å². The number of ether oxygens (including phenoxy) is 1. The van der Waals surface area contributed by atoms with Crippen molar-refractivity contribution in [2.24, 2.45) is 16.6 Å². The minimum atomic E-state index is -0.991. The topological polar surface area (TPSA) is 107 Å². The maximum absolute atomic E-state index is 10.3. The van der Waals surface area contributed by atoms with Crippen molar-refractivity contribution in [2.75, 3.05) is 13.7 Å². The fourth-order valence-corrected chi connectivity index (χ4v) is 2.93. The van der Waals surface area contributed by atoms with E-state index in [2.05, 4.69) is 10.3 Å². The molecule has 112 valence electrons. The van der Waals surface area contributed by atoms with Gasteiger partial charge in [0.05, 0.1) is 12.8 Å². The van der Waals surface area contributed by atoms with Crippen LogP contribution in [0.2, 0.25) is 0 Å². The van der Waals surface area contributed by atoms with Crippen LogP contribution in [0.3, 0.4) is 0 Å². The van der Waals surface area contributed by atoms with Crippen molar-refractivity contribution < 1.29 is 14.9 Å². The molecule has 8 heteroatoms. The minimum absolute atomic E-state index is 0.0236. The number of nitrogens with one attached hydrogen (secondary N) is 1. The summed E-state index contributed by atoms with van der Waals surface area (Å²) < 4.78 is 5.85. The molecule has 0 radical (unpaired) electrons. The molecule has 0 aliphatic carbocycles. The number of likely N-dealkylation sites (N-methyl/N-ethyl adjacent to an activating group) is 1. The molecule has 20 heavy (non-hydrogen) atoms. The molecular weight excluding hydrogens is 262 g/mol. The highest BCUT2D eigenvalue weighted by Crippen LogP contribution is 2.35. The molecule has 1 saturated heterocycles. The number of nitrogens with zero attached hydrogens (tertiary/aromatic N) is 3. The zero-order valence-corrected chi connectivity index (χ0v) is 11.8. The Morgan fingerprint density at radius 2 is 2.10 bits per heavy atom. The Balaban J connectivity index is 1.89. The summed E-state index contributed by atoms with van der Waals surface area (Å²) >= 11 is 0. The lowest BCUT2D eigenvalue weighted by atomic mass is 10.0. The number of guanidine groups is 1. The van der Waals surface area contributed by atoms with E-state index in [9.17, 15) is 10.2 Å². The van der Waals surface area contributed by atoms with Crippen LogP contribution < -0.4 is 11.1 Å². The maximum atomic E-state index is 10.3. The standard InChI is InChI=1S/C12H21N5O3/c1-5-6(2)20-11(8(5)18)17-4-16(3)7-9(17)14-12(13)15-10(7)19/h5-6,8,10-11,18-19H,4H2,1-3H3,(H3,13,14,15)/t5?,6-,8?,10?,11-/m0/s1. The lowest BCUT2D eigenvalue weighted by Crippen LogP contribution is -2.48. The molecule has 0 aromatic heterocycles. The van der Waals surface area contributed by atoms with Gasteiger partial charge in [0, 0.05) is 13.0 Å². The second-order valence-electron chi connectivity index (χ2n) is 5.64. The molecule has 0 saturated carbocycles. The van der Waals surface area contributed by atoms with Gasteiger partial charge < -0.3 is 35.8 Å². The predicted molar refractivity (Wildman–Crippen MR) is 71.8 cm³/mol. The van der Waals surface area contributed by atoms with E-state index in [1.165, 1.54) is 0 Å². The first-order valence-electron chi connectivity index (χ1n) is 6.74. The number of nitrogens with two attached hydrogens (primary N) is 1. The van der Waals surface area contributed by atoms with Gasteiger partial charge in [-0.25, -0.2) is 4.99 Å². The quantitative estimate of drug-likeness (QED) is 0.456. The molecule has 0 amide bonds. The molecule has 0 spiro atoms. The van der Waals surface area contributed by atoms with Crippen LogP contribution in [-0.4, -0.2) is 64.4 Å². The third kappa shape index (κ3) is 1.83. The summed E-state index contributed by atoms with van der Waals surface area (Å²) in [5, 5.41) is 23.3. The Morgan fingerprint density at radius 1 is 1.40 bits per heavy atom. The van der Waals surface area contributed by atoms with Crippen molar-refractivity contribution in [1.29, 1.82) is 0 Å². The summed E-state index contributed by atoms with van der Waals surface area (Å²) in [6.45, 7) is 4.41. The van der Waals surface area contributed by atoms with Crippen LogP contribution in [0, 0.1) is 5.92 Å². The van der Waals surface area contributed by atoms with E-state index in [0.29, 0.717) is 18.2 Å². The summed E-state index contributed by atoms with van der Waals surface area (Å²) in [6, 6.07) is 0. The van der Waals surface area contributed by atoms with E-state index in [0.717, 1.165) is 0 Å². The van der Waals surface area contributed by atoms with Crippen molar-refractivity contribution in [1.82, 2.24) is 15.1 Å². The smallest absolute Gasteiger partial charge is 0.197 e. The van der Waals surface area contributed by atoms with Crippen LogP contribution in [0.25, 0.3) is 0 Å². The summed E-state index contributed by atoms with van der Waals surface area (Å²) in [4.78, 5) is 7.64. The zero-order valence-electron chi connectivity index (χ0n) is 11.8. The van der Waals surface area contributed by atoms with Crippen molar-refractivity contribution in [2.45, 2.75) is 38.5 Å². The van der Waals surface area contributed by atoms with Gasteiger partial charge in [-0.1, -0.05) is 6.92 Å². The van der Waals surface area contributed by atoms with Crippen LogP contribution in [0.5, 0.6) is 0 Å². The van der Waals surface area contributed by atoms with Gasteiger partial charge in [-0.3, -0.25) is 0 Å². The van der Waals surface area contributed by atoms with Crippen LogP contribution in [0.4, 0.5) is 0 Å². The summed E-state index contributed by atoms with van der Waals surface area (Å²) in [6.07, 6.45) is -2.07. The second kappa shape index (κ2) is 4.51. The van der Waals surface area contributed by atoms with Gasteiger partial charge in [0.15, 0.2) is 18.4 Å². The van der Waals surface area contributed by atoms with E-state index < -0.39 is 18.6 Å². The molecule has 0 bridgehead atoms. The number of aliphatic imine (C=N–C) groups is 1. The van der Waals surface area contributed by atoms with Gasteiger partial charge in [0.25, 0.3) is 0 Å². The first kappa shape index (κ1) is 13.5. The van der Waals surface area contributed by atoms with Gasteiger partial charge in [0.2, 0.25) is 0 Å². The third-order valence-electron chi connectivity index (χ3n) is 4.29. The normalized spacial score (nSPS) is 40.9. The van der Waals surface area contributed by atoms with Crippen molar-refractivity contribution in [3.63, 3.8) is 0 Å². The summed E-state index contributed by atoms with van der Waals surface area (Å²) in [7, 11) is 1.85. The van der Waals surface area contributed by atoms with Gasteiger partial charge in [-0.15, -0.1) is 0 Å². The first-order chi connectivity index (χ1) is 9.40. The van der Waals surface area contributed by atoms with Crippen LogP contribution >= 0.6 is 0 Å². The van der Waals surface area contributed by atoms with E-state index in [4.69, 9.17) is 10.5 Å². The Morgan fingerprint density at radius 3 is 2.70 bits per heavy atom. The fourth-order valence-electron chi connectivity index (χ4n) is 2.93. The molecule has 3 aliphatic rings. The Labute approximate surface area is 117 Å². The van der Waals surface area contributed by atoms with Gasteiger partial charge in [0.1, 0.15) is 17.6 Å². The van der Waals surface area contributed by atoms with E-state index in [1.54, 1.807) is 0 Å². The fraction of sp³-hybridized carbons (Fsp3) is 0.750. The number of aliphatic hydroxyl groups excluding tert-OH is 2. The van der Waals surface area contributed by atoms with Gasteiger partial charge in [-0.05, 0) is 6.92 Å². The highest BCUT2D eigenvalue weighted by Gasteiger charge is 2.46. The van der Waals surface area contributed by atoms with Gasteiger partial charge in [-0.2, -0.15) is 0 Å². The number of hydrogen-bond acceptors (Lipinski definition) is 8. The molecular formula is C12H21N5O3. The van der Waals surface area contributed by atoms with Gasteiger partial charge >= 0.3 is 0 Å². The lowest BCUT2D eigenvalue weighted by molar-refractivity contribution is -0.0759. The van der Waals surface area contributed by atoms with E-state index in [1.807, 2.05) is 30.7 Å². The lowest BCUT2D eigenvalue weighted by Gasteiger charge is -2.31. The molecule has 0 aromatic carbocycles. The molecule has 0 aromatic rings. The monoisotopic (exact) mass is 283 g/mol. The molecule has 1 fully saturated rings. The second-order valence-corrected chi connectivity index (χ2v) is 5.64.